The predicted molar refractivity (Wildman–Crippen MR) is 119 cm³/mol. The molecular weight excluding hydrogens is 488 g/mol. The van der Waals surface area contributed by atoms with Gasteiger partial charge in [-0.25, -0.2) is 4.98 Å². The summed E-state index contributed by atoms with van der Waals surface area (Å²) in [6.45, 7) is 1.65. The van der Waals surface area contributed by atoms with Gasteiger partial charge in [-0.1, -0.05) is 46.4 Å². The van der Waals surface area contributed by atoms with E-state index < -0.39 is 11.8 Å². The molecule has 160 valence electrons. The number of benzene rings is 1. The van der Waals surface area contributed by atoms with Crippen molar-refractivity contribution in [2.45, 2.75) is 6.92 Å². The summed E-state index contributed by atoms with van der Waals surface area (Å²) in [5.74, 6) is -1.13. The normalized spacial score (nSPS) is 10.5. The van der Waals surface area contributed by atoms with Crippen molar-refractivity contribution < 1.29 is 14.4 Å². The summed E-state index contributed by atoms with van der Waals surface area (Å²) in [6.07, 6.45) is 1.78. The van der Waals surface area contributed by atoms with Crippen LogP contribution < -0.4 is 16.2 Å². The molecule has 0 fully saturated rings. The SMILES string of the molecule is Cc1cc(Cl)cc(C(=O)NNC=O)c1NC(=O)c1cc(Cl)c(Cl)n1-c1ncccc1Cl. The smallest absolute Gasteiger partial charge is 0.272 e. The molecule has 0 aliphatic heterocycles. The maximum atomic E-state index is 13.2. The maximum Gasteiger partial charge on any atom is 0.272 e. The van der Waals surface area contributed by atoms with Crippen molar-refractivity contribution in [1.82, 2.24) is 20.4 Å². The number of halogens is 4. The molecule has 1 aromatic carbocycles. The lowest BCUT2D eigenvalue weighted by molar-refractivity contribution is -0.110. The van der Waals surface area contributed by atoms with E-state index in [1.54, 1.807) is 25.1 Å². The zero-order valence-corrected chi connectivity index (χ0v) is 18.7. The number of hydrazine groups is 1. The Morgan fingerprint density at radius 1 is 1.06 bits per heavy atom. The molecule has 31 heavy (non-hydrogen) atoms. The minimum atomic E-state index is -0.688. The highest BCUT2D eigenvalue weighted by Crippen LogP contribution is 2.33. The summed E-state index contributed by atoms with van der Waals surface area (Å²) in [5, 5.41) is 3.32. The van der Waals surface area contributed by atoms with Crippen molar-refractivity contribution in [3.63, 3.8) is 0 Å². The van der Waals surface area contributed by atoms with Crippen LogP contribution in [0.2, 0.25) is 20.2 Å². The minimum Gasteiger partial charge on any atom is -0.320 e. The lowest BCUT2D eigenvalue weighted by Gasteiger charge is -2.16. The van der Waals surface area contributed by atoms with E-state index in [1.807, 2.05) is 5.43 Å². The van der Waals surface area contributed by atoms with E-state index in [0.29, 0.717) is 12.0 Å². The Morgan fingerprint density at radius 2 is 1.81 bits per heavy atom. The summed E-state index contributed by atoms with van der Waals surface area (Å²) < 4.78 is 1.29. The maximum absolute atomic E-state index is 13.2. The van der Waals surface area contributed by atoms with Crippen molar-refractivity contribution in [2.75, 3.05) is 5.32 Å². The molecule has 2 aromatic heterocycles. The number of amides is 3. The molecule has 0 spiro atoms. The Bertz CT molecular complexity index is 1200. The Kier molecular flexibility index (Phi) is 7.07. The van der Waals surface area contributed by atoms with Crippen molar-refractivity contribution >= 4 is 70.3 Å². The standard InChI is InChI=1S/C19H13Cl4N5O3/c1-9-5-10(20)6-11(18(30)27-25-8-29)15(9)26-19(31)14-7-13(22)16(23)28(14)17-12(21)3-2-4-24-17/h2-8H,1H3,(H,25,29)(H,26,31)(H,27,30). The van der Waals surface area contributed by atoms with Crippen LogP contribution in [0.3, 0.4) is 0 Å². The molecule has 0 saturated heterocycles. The fraction of sp³-hybridized carbons (Fsp3) is 0.0526. The second kappa shape index (κ2) is 9.57. The number of nitrogens with zero attached hydrogens (tertiary/aromatic N) is 2. The molecule has 0 radical (unpaired) electrons. The number of aromatic nitrogens is 2. The average molecular weight is 501 g/mol. The van der Waals surface area contributed by atoms with E-state index in [1.165, 1.54) is 22.9 Å². The third-order valence-corrected chi connectivity index (χ3v) is 5.38. The van der Waals surface area contributed by atoms with E-state index in [4.69, 9.17) is 46.4 Å². The first-order valence-corrected chi connectivity index (χ1v) is 10.0. The molecular formula is C19H13Cl4N5O3. The van der Waals surface area contributed by atoms with Crippen LogP contribution in [0, 0.1) is 6.92 Å². The van der Waals surface area contributed by atoms with E-state index in [0.717, 1.165) is 0 Å². The van der Waals surface area contributed by atoms with Crippen LogP contribution in [-0.2, 0) is 4.79 Å². The van der Waals surface area contributed by atoms with Gasteiger partial charge in [0.05, 0.1) is 21.3 Å². The number of anilines is 1. The number of hydrogen-bond acceptors (Lipinski definition) is 4. The summed E-state index contributed by atoms with van der Waals surface area (Å²) in [7, 11) is 0. The summed E-state index contributed by atoms with van der Waals surface area (Å²) in [6, 6.07) is 7.47. The molecule has 0 aliphatic rings. The number of aryl methyl sites for hydroxylation is 1. The average Bonchev–Trinajstić information content (AvgIpc) is 3.03. The van der Waals surface area contributed by atoms with E-state index >= 15 is 0 Å². The summed E-state index contributed by atoms with van der Waals surface area (Å²) >= 11 is 24.7. The number of pyridine rings is 1. The fourth-order valence-electron chi connectivity index (χ4n) is 2.80. The fourth-order valence-corrected chi connectivity index (χ4v) is 3.69. The lowest BCUT2D eigenvalue weighted by atomic mass is 10.1. The molecule has 8 nitrogen and oxygen atoms in total. The zero-order chi connectivity index (χ0) is 22.7. The third-order valence-electron chi connectivity index (χ3n) is 4.11. The van der Waals surface area contributed by atoms with Gasteiger partial charge in [0.2, 0.25) is 6.41 Å². The number of rotatable bonds is 6. The van der Waals surface area contributed by atoms with Crippen molar-refractivity contribution in [3.05, 3.63) is 73.6 Å². The van der Waals surface area contributed by atoms with Crippen LogP contribution in [0.25, 0.3) is 5.82 Å². The van der Waals surface area contributed by atoms with Gasteiger partial charge in [-0.05, 0) is 42.8 Å². The zero-order valence-electron chi connectivity index (χ0n) is 15.7. The van der Waals surface area contributed by atoms with Gasteiger partial charge in [0, 0.05) is 11.2 Å². The van der Waals surface area contributed by atoms with Crippen molar-refractivity contribution in [2.24, 2.45) is 0 Å². The number of carbonyl (C=O) groups excluding carboxylic acids is 3. The van der Waals surface area contributed by atoms with Crippen LogP contribution in [0.15, 0.2) is 36.5 Å². The van der Waals surface area contributed by atoms with E-state index in [2.05, 4.69) is 15.7 Å². The molecule has 0 bridgehead atoms. The van der Waals surface area contributed by atoms with Gasteiger partial charge in [-0.2, -0.15) is 0 Å². The van der Waals surface area contributed by atoms with Crippen LogP contribution in [0.5, 0.6) is 0 Å². The quantitative estimate of drug-likeness (QED) is 0.343. The molecule has 0 saturated carbocycles. The predicted octanol–water partition coefficient (Wildman–Crippen LogP) is 4.44. The first kappa shape index (κ1) is 22.9. The Hall–Kier alpha value is -2.78. The highest BCUT2D eigenvalue weighted by Gasteiger charge is 2.24. The molecule has 3 amide bonds. The van der Waals surface area contributed by atoms with Gasteiger partial charge in [-0.15, -0.1) is 0 Å². The Balaban J connectivity index is 2.06. The van der Waals surface area contributed by atoms with Gasteiger partial charge in [-0.3, -0.25) is 29.8 Å². The largest absolute Gasteiger partial charge is 0.320 e. The van der Waals surface area contributed by atoms with E-state index in [9.17, 15) is 14.4 Å². The second-order valence-electron chi connectivity index (χ2n) is 6.13. The molecule has 12 heteroatoms. The monoisotopic (exact) mass is 499 g/mol. The van der Waals surface area contributed by atoms with Gasteiger partial charge in [0.25, 0.3) is 11.8 Å². The highest BCUT2D eigenvalue weighted by atomic mass is 35.5. The molecule has 3 rings (SSSR count). The van der Waals surface area contributed by atoms with Crippen LogP contribution in [-0.4, -0.2) is 27.8 Å². The molecule has 0 unspecified atom stereocenters. The van der Waals surface area contributed by atoms with Crippen LogP contribution in [0.1, 0.15) is 26.4 Å². The third kappa shape index (κ3) is 4.77. The van der Waals surface area contributed by atoms with Crippen LogP contribution in [0.4, 0.5) is 5.69 Å². The van der Waals surface area contributed by atoms with Crippen LogP contribution >= 0.6 is 46.4 Å². The second-order valence-corrected chi connectivity index (χ2v) is 7.74. The molecule has 3 aromatic rings. The Labute approximate surface area is 196 Å². The molecule has 3 N–H and O–H groups in total. The van der Waals surface area contributed by atoms with Crippen molar-refractivity contribution in [1.29, 1.82) is 0 Å². The highest BCUT2D eigenvalue weighted by molar-refractivity contribution is 6.42. The van der Waals surface area contributed by atoms with Gasteiger partial charge < -0.3 is 5.32 Å². The molecule has 0 atom stereocenters. The summed E-state index contributed by atoms with van der Waals surface area (Å²) in [5.41, 5.74) is 4.95. The van der Waals surface area contributed by atoms with Gasteiger partial charge in [0.1, 0.15) is 10.8 Å². The number of carbonyl (C=O) groups is 3. The van der Waals surface area contributed by atoms with Gasteiger partial charge in [0.15, 0.2) is 5.82 Å². The van der Waals surface area contributed by atoms with Gasteiger partial charge >= 0.3 is 0 Å². The first-order valence-electron chi connectivity index (χ1n) is 8.53. The number of hydrogen-bond donors (Lipinski definition) is 3. The lowest BCUT2D eigenvalue weighted by Crippen LogP contribution is -2.36. The first-order chi connectivity index (χ1) is 14.7. The summed E-state index contributed by atoms with van der Waals surface area (Å²) in [4.78, 5) is 40.2. The Morgan fingerprint density at radius 3 is 2.48 bits per heavy atom. The van der Waals surface area contributed by atoms with Crippen molar-refractivity contribution in [3.8, 4) is 5.82 Å². The molecule has 2 heterocycles. The topological polar surface area (TPSA) is 105 Å². The molecule has 0 aliphatic carbocycles. The minimum absolute atomic E-state index is 0.0267. The van der Waals surface area contributed by atoms with E-state index in [-0.39, 0.29) is 43.0 Å². The number of nitrogens with one attached hydrogen (secondary N) is 3.